The van der Waals surface area contributed by atoms with E-state index >= 15 is 0 Å². The number of thioether (sulfide) groups is 1. The number of phenols is 1. The lowest BCUT2D eigenvalue weighted by Crippen LogP contribution is -2.37. The fourth-order valence-corrected chi connectivity index (χ4v) is 6.37. The van der Waals surface area contributed by atoms with Gasteiger partial charge in [0.2, 0.25) is 0 Å². The quantitative estimate of drug-likeness (QED) is 0.305. The number of alkyl halides is 1. The number of benzene rings is 2. The van der Waals surface area contributed by atoms with E-state index < -0.39 is 18.0 Å². The number of phenolic OH excluding ortho intramolecular Hbond substituents is 1. The second-order valence-electron chi connectivity index (χ2n) is 10.5. The van der Waals surface area contributed by atoms with Crippen LogP contribution in [0.2, 0.25) is 0 Å². The predicted octanol–water partition coefficient (Wildman–Crippen LogP) is 4.73. The third-order valence-corrected chi connectivity index (χ3v) is 8.51. The second kappa shape index (κ2) is 11.2. The molecule has 41 heavy (non-hydrogen) atoms. The van der Waals surface area contributed by atoms with Crippen molar-refractivity contribution < 1.29 is 23.1 Å². The van der Waals surface area contributed by atoms with Crippen molar-refractivity contribution in [2.24, 2.45) is 0 Å². The average Bonchev–Trinajstić information content (AvgIpc) is 3.68. The molecule has 0 radical (unpaired) electrons. The summed E-state index contributed by atoms with van der Waals surface area (Å²) in [5.74, 6) is -1.27. The normalized spacial score (nSPS) is 21.2. The van der Waals surface area contributed by atoms with Gasteiger partial charge in [0.05, 0.1) is 18.8 Å². The van der Waals surface area contributed by atoms with Crippen molar-refractivity contribution in [1.82, 2.24) is 24.8 Å². The highest BCUT2D eigenvalue weighted by Gasteiger charge is 2.36. The molecule has 0 aliphatic carbocycles. The molecule has 2 aromatic carbocycles. The standard InChI is InChI=1S/C29H29F3N6O2S/c1-41-26-5-3-18(30)11-21(26)23-12-19(31)15-37(23)28-7-6-27-33-13-24(38(27)35-28)29(40)34-20-8-9-36(16-20)14-17-2-4-22(32)25(39)10-17/h2-7,10-11,13,19-20,23,39H,8-9,12,14-16H2,1H3,(H,34,40)/t19-,20?,23+/m0/s1. The van der Waals surface area contributed by atoms with Gasteiger partial charge in [-0.2, -0.15) is 0 Å². The molecule has 12 heteroatoms. The Balaban J connectivity index is 1.19. The molecule has 4 heterocycles. The first-order valence-electron chi connectivity index (χ1n) is 13.4. The number of carbonyl (C=O) groups excluding carboxylic acids is 1. The van der Waals surface area contributed by atoms with E-state index in [9.17, 15) is 23.1 Å². The van der Waals surface area contributed by atoms with Gasteiger partial charge in [-0.15, -0.1) is 16.9 Å². The number of nitrogens with zero attached hydrogens (tertiary/aromatic N) is 5. The largest absolute Gasteiger partial charge is 0.505 e. The van der Waals surface area contributed by atoms with Crippen LogP contribution in [0.1, 0.15) is 40.5 Å². The molecule has 2 saturated heterocycles. The van der Waals surface area contributed by atoms with Gasteiger partial charge < -0.3 is 15.3 Å². The maximum atomic E-state index is 14.7. The maximum absolute atomic E-state index is 14.7. The van der Waals surface area contributed by atoms with E-state index in [-0.39, 0.29) is 42.2 Å². The van der Waals surface area contributed by atoms with Crippen LogP contribution in [0.3, 0.4) is 0 Å². The van der Waals surface area contributed by atoms with E-state index in [1.54, 1.807) is 24.3 Å². The molecule has 2 aliphatic rings. The van der Waals surface area contributed by atoms with Crippen molar-refractivity contribution in [3.8, 4) is 5.75 Å². The smallest absolute Gasteiger partial charge is 0.271 e. The molecule has 3 atom stereocenters. The molecule has 1 unspecified atom stereocenters. The summed E-state index contributed by atoms with van der Waals surface area (Å²) in [7, 11) is 0. The lowest BCUT2D eigenvalue weighted by molar-refractivity contribution is 0.0930. The molecule has 1 amide bonds. The maximum Gasteiger partial charge on any atom is 0.271 e. The van der Waals surface area contributed by atoms with Crippen LogP contribution in [0.15, 0.2) is 59.6 Å². The number of aromatic hydroxyl groups is 1. The highest BCUT2D eigenvalue weighted by atomic mass is 32.2. The summed E-state index contributed by atoms with van der Waals surface area (Å²) < 4.78 is 43.8. The van der Waals surface area contributed by atoms with Crippen LogP contribution in [0.4, 0.5) is 19.0 Å². The number of imidazole rings is 1. The summed E-state index contributed by atoms with van der Waals surface area (Å²) in [5.41, 5.74) is 2.23. The Morgan fingerprint density at radius 3 is 2.80 bits per heavy atom. The molecular weight excluding hydrogens is 553 g/mol. The Labute approximate surface area is 239 Å². The van der Waals surface area contributed by atoms with E-state index in [1.807, 2.05) is 11.2 Å². The van der Waals surface area contributed by atoms with Crippen molar-refractivity contribution >= 4 is 29.1 Å². The summed E-state index contributed by atoms with van der Waals surface area (Å²) >= 11 is 1.48. The first kappa shape index (κ1) is 27.4. The van der Waals surface area contributed by atoms with Crippen molar-refractivity contribution in [1.29, 1.82) is 0 Å². The third kappa shape index (κ3) is 5.58. The Morgan fingerprint density at radius 2 is 2.00 bits per heavy atom. The zero-order valence-electron chi connectivity index (χ0n) is 22.3. The molecule has 8 nitrogen and oxygen atoms in total. The number of hydrogen-bond acceptors (Lipinski definition) is 7. The molecule has 0 saturated carbocycles. The van der Waals surface area contributed by atoms with Gasteiger partial charge in [0.1, 0.15) is 17.8 Å². The summed E-state index contributed by atoms with van der Waals surface area (Å²) in [4.78, 5) is 22.4. The Morgan fingerprint density at radius 1 is 1.15 bits per heavy atom. The lowest BCUT2D eigenvalue weighted by atomic mass is 10.0. The minimum atomic E-state index is -1.11. The number of nitrogens with one attached hydrogen (secondary N) is 1. The van der Waals surface area contributed by atoms with Gasteiger partial charge in [-0.25, -0.2) is 22.7 Å². The van der Waals surface area contributed by atoms with E-state index in [2.05, 4.69) is 20.3 Å². The first-order valence-corrected chi connectivity index (χ1v) is 14.6. The number of fused-ring (bicyclic) bond motifs is 1. The number of anilines is 1. The van der Waals surface area contributed by atoms with Gasteiger partial charge >= 0.3 is 0 Å². The van der Waals surface area contributed by atoms with Crippen molar-refractivity contribution in [3.05, 3.63) is 83.2 Å². The molecule has 2 N–H and O–H groups in total. The number of halogens is 3. The van der Waals surface area contributed by atoms with E-state index in [0.717, 1.165) is 23.4 Å². The zero-order valence-corrected chi connectivity index (χ0v) is 23.1. The minimum absolute atomic E-state index is 0.105. The summed E-state index contributed by atoms with van der Waals surface area (Å²) in [6.45, 7) is 1.96. The summed E-state index contributed by atoms with van der Waals surface area (Å²) in [6, 6.07) is 11.8. The van der Waals surface area contributed by atoms with E-state index in [0.29, 0.717) is 30.1 Å². The molecular formula is C29H29F3N6O2S. The molecule has 214 valence electrons. The Kier molecular flexibility index (Phi) is 7.52. The molecule has 2 aliphatic heterocycles. The minimum Gasteiger partial charge on any atom is -0.505 e. The highest BCUT2D eigenvalue weighted by Crippen LogP contribution is 2.40. The molecule has 2 aromatic heterocycles. The third-order valence-electron chi connectivity index (χ3n) is 7.70. The lowest BCUT2D eigenvalue weighted by Gasteiger charge is -2.27. The van der Waals surface area contributed by atoms with Gasteiger partial charge in [0.15, 0.2) is 22.9 Å². The van der Waals surface area contributed by atoms with Crippen LogP contribution in [0.5, 0.6) is 5.75 Å². The molecule has 6 rings (SSSR count). The van der Waals surface area contributed by atoms with Gasteiger partial charge in [-0.1, -0.05) is 6.07 Å². The van der Waals surface area contributed by atoms with Crippen LogP contribution >= 0.6 is 11.8 Å². The van der Waals surface area contributed by atoms with Crippen LogP contribution in [0.25, 0.3) is 5.65 Å². The Hall–Kier alpha value is -3.77. The first-order chi connectivity index (χ1) is 19.8. The number of amides is 1. The average molecular weight is 583 g/mol. The van der Waals surface area contributed by atoms with E-state index in [1.165, 1.54) is 46.7 Å². The summed E-state index contributed by atoms with van der Waals surface area (Å²) in [6.07, 6.45) is 3.20. The van der Waals surface area contributed by atoms with Crippen LogP contribution in [-0.2, 0) is 6.54 Å². The number of likely N-dealkylation sites (tertiary alicyclic amines) is 1. The molecule has 4 aromatic rings. The highest BCUT2D eigenvalue weighted by molar-refractivity contribution is 7.98. The van der Waals surface area contributed by atoms with Gasteiger partial charge in [0, 0.05) is 37.0 Å². The van der Waals surface area contributed by atoms with Crippen molar-refractivity contribution in [3.63, 3.8) is 0 Å². The van der Waals surface area contributed by atoms with Crippen LogP contribution in [0, 0.1) is 11.6 Å². The number of aromatic nitrogens is 3. The topological polar surface area (TPSA) is 86.0 Å². The second-order valence-corrected chi connectivity index (χ2v) is 11.3. The van der Waals surface area contributed by atoms with Crippen molar-refractivity contribution in [2.75, 3.05) is 30.8 Å². The SMILES string of the molecule is CSc1ccc(F)cc1[C@H]1C[C@H](F)CN1c1ccc2ncc(C(=O)NC3CCN(Cc4ccc(F)c(O)c4)C3)n2n1. The number of rotatable bonds is 7. The van der Waals surface area contributed by atoms with Crippen LogP contribution < -0.4 is 10.2 Å². The molecule has 2 fully saturated rings. The number of hydrogen-bond donors (Lipinski definition) is 2. The van der Waals surface area contributed by atoms with Gasteiger partial charge in [-0.3, -0.25) is 9.69 Å². The monoisotopic (exact) mass is 582 g/mol. The molecule has 0 spiro atoms. The predicted molar refractivity (Wildman–Crippen MR) is 150 cm³/mol. The fourth-order valence-electron chi connectivity index (χ4n) is 5.74. The summed E-state index contributed by atoms with van der Waals surface area (Å²) in [5, 5.41) is 17.4. The van der Waals surface area contributed by atoms with Gasteiger partial charge in [-0.05, 0) is 66.3 Å². The van der Waals surface area contributed by atoms with Gasteiger partial charge in [0.25, 0.3) is 5.91 Å². The number of carbonyl (C=O) groups is 1. The van der Waals surface area contributed by atoms with Crippen LogP contribution in [-0.4, -0.2) is 68.6 Å². The van der Waals surface area contributed by atoms with E-state index in [4.69, 9.17) is 0 Å². The zero-order chi connectivity index (χ0) is 28.7. The fraction of sp³-hybridized carbons (Fsp3) is 0.345. The molecule has 0 bridgehead atoms. The Bertz CT molecular complexity index is 1600. The van der Waals surface area contributed by atoms with Crippen molar-refractivity contribution in [2.45, 2.75) is 42.5 Å².